The molecule has 0 saturated carbocycles. The van der Waals surface area contributed by atoms with Crippen molar-refractivity contribution >= 4 is 39.5 Å². The maximum Gasteiger partial charge on any atom is 0.335 e. The monoisotopic (exact) mass is 356 g/mol. The van der Waals surface area contributed by atoms with Crippen LogP contribution in [0.25, 0.3) is 0 Å². The van der Waals surface area contributed by atoms with Crippen molar-refractivity contribution in [3.63, 3.8) is 0 Å². The molecule has 0 aliphatic carbocycles. The van der Waals surface area contributed by atoms with Gasteiger partial charge < -0.3 is 9.84 Å². The molecule has 0 heterocycles. The van der Waals surface area contributed by atoms with E-state index < -0.39 is 27.4 Å². The Bertz CT molecular complexity index is 500. The first-order valence-electron chi connectivity index (χ1n) is 4.87. The minimum absolute atomic E-state index is 0.137. The molecule has 0 aromatic heterocycles. The van der Waals surface area contributed by atoms with Crippen LogP contribution in [-0.2, 0) is 15.4 Å². The lowest BCUT2D eigenvalue weighted by atomic mass is 10.1. The average molecular weight is 358 g/mol. The molecule has 0 unspecified atom stereocenters. The maximum atomic E-state index is 14.5. The third-order valence-corrected chi connectivity index (χ3v) is 2.91. The van der Waals surface area contributed by atoms with Crippen LogP contribution < -0.4 is 0 Å². The Labute approximate surface area is 120 Å². The van der Waals surface area contributed by atoms with Gasteiger partial charge in [-0.15, -0.1) is 0 Å². The number of ether oxygens (including phenoxy) is 1. The predicted octanol–water partition coefficient (Wildman–Crippen LogP) is 3.33. The number of hydrogen-bond donors (Lipinski definition) is 1. The number of carbonyl (C=O) groups excluding carboxylic acids is 1. The smallest absolute Gasteiger partial charge is 0.335 e. The summed E-state index contributed by atoms with van der Waals surface area (Å²) >= 11 is 7.45. The fourth-order valence-corrected chi connectivity index (χ4v) is 1.76. The lowest BCUT2D eigenvalue weighted by Crippen LogP contribution is -2.40. The van der Waals surface area contributed by atoms with E-state index in [9.17, 15) is 18.4 Å². The number of benzene rings is 1. The third-order valence-electron chi connectivity index (χ3n) is 2.15. The van der Waals surface area contributed by atoms with Crippen molar-refractivity contribution in [2.45, 2.75) is 16.8 Å². The van der Waals surface area contributed by atoms with Crippen molar-refractivity contribution in [3.05, 3.63) is 35.4 Å². The van der Waals surface area contributed by atoms with E-state index in [0.29, 0.717) is 0 Å². The Morgan fingerprint density at radius 1 is 1.32 bits per heavy atom. The number of esters is 1. The van der Waals surface area contributed by atoms with Crippen LogP contribution in [0.5, 0.6) is 0 Å². The SMILES string of the molecule is CC(=O)O[C@@](F)(c1ccc(C(=O)O)cc1)[C@](F)(Cl)Br. The zero-order valence-corrected chi connectivity index (χ0v) is 11.8. The van der Waals surface area contributed by atoms with E-state index in [0.717, 1.165) is 31.2 Å². The standard InChI is InChI=1S/C11H8BrClF2O4/c1-6(16)19-10(14,11(12,13)15)8-4-2-7(3-5-8)9(17)18/h2-5H,1H3,(H,17,18)/t10-,11+/m0/s1. The second kappa shape index (κ2) is 5.42. The number of carboxylic acid groups (broad SMARTS) is 1. The second-order valence-corrected chi connectivity index (χ2v) is 5.64. The van der Waals surface area contributed by atoms with Crippen LogP contribution in [0.1, 0.15) is 22.8 Å². The topological polar surface area (TPSA) is 63.6 Å². The fraction of sp³-hybridized carbons (Fsp3) is 0.273. The van der Waals surface area contributed by atoms with Crippen LogP contribution >= 0.6 is 27.5 Å². The summed E-state index contributed by atoms with van der Waals surface area (Å²) < 4.78 is 29.2. The molecule has 4 nitrogen and oxygen atoms in total. The van der Waals surface area contributed by atoms with E-state index in [1.165, 1.54) is 0 Å². The van der Waals surface area contributed by atoms with Gasteiger partial charge in [-0.2, -0.15) is 4.39 Å². The van der Waals surface area contributed by atoms with E-state index in [1.54, 1.807) is 0 Å². The quantitative estimate of drug-likeness (QED) is 0.663. The van der Waals surface area contributed by atoms with Gasteiger partial charge in [0.2, 0.25) is 0 Å². The fourth-order valence-electron chi connectivity index (χ4n) is 1.31. The van der Waals surface area contributed by atoms with Gasteiger partial charge in [0.15, 0.2) is 0 Å². The van der Waals surface area contributed by atoms with E-state index in [4.69, 9.17) is 16.7 Å². The van der Waals surface area contributed by atoms with Crippen molar-refractivity contribution in [1.82, 2.24) is 0 Å². The Hall–Kier alpha value is -1.21. The van der Waals surface area contributed by atoms with Gasteiger partial charge in [0.25, 0.3) is 0 Å². The molecule has 1 N–H and O–H groups in total. The van der Waals surface area contributed by atoms with Gasteiger partial charge in [-0.05, 0) is 28.1 Å². The van der Waals surface area contributed by atoms with Gasteiger partial charge in [0.1, 0.15) is 0 Å². The largest absolute Gasteiger partial charge is 0.478 e. The van der Waals surface area contributed by atoms with Gasteiger partial charge in [-0.1, -0.05) is 23.7 Å². The first kappa shape index (κ1) is 15.8. The number of carboxylic acids is 1. The molecular weight excluding hydrogens is 349 g/mol. The van der Waals surface area contributed by atoms with E-state index in [-0.39, 0.29) is 5.56 Å². The Morgan fingerprint density at radius 2 is 1.79 bits per heavy atom. The molecule has 104 valence electrons. The van der Waals surface area contributed by atoms with Gasteiger partial charge >= 0.3 is 21.8 Å². The highest BCUT2D eigenvalue weighted by atomic mass is 79.9. The molecule has 0 fully saturated rings. The minimum Gasteiger partial charge on any atom is -0.478 e. The van der Waals surface area contributed by atoms with Crippen LogP contribution in [0.3, 0.4) is 0 Å². The molecule has 0 spiro atoms. The van der Waals surface area contributed by atoms with Gasteiger partial charge in [-0.3, -0.25) is 4.79 Å². The van der Waals surface area contributed by atoms with Crippen molar-refractivity contribution in [1.29, 1.82) is 0 Å². The molecule has 0 aliphatic heterocycles. The molecule has 1 aromatic rings. The lowest BCUT2D eigenvalue weighted by Gasteiger charge is -2.30. The van der Waals surface area contributed by atoms with Crippen LogP contribution in [0.4, 0.5) is 8.78 Å². The molecule has 0 bridgehead atoms. The summed E-state index contributed by atoms with van der Waals surface area (Å²) in [5.74, 6) is -5.62. The summed E-state index contributed by atoms with van der Waals surface area (Å²) in [6.07, 6.45) is 0. The van der Waals surface area contributed by atoms with Crippen molar-refractivity contribution in [2.24, 2.45) is 0 Å². The first-order chi connectivity index (χ1) is 8.58. The number of carbonyl (C=O) groups is 2. The highest BCUT2D eigenvalue weighted by molar-refractivity contribution is 9.10. The maximum absolute atomic E-state index is 14.5. The number of aromatic carboxylic acids is 1. The van der Waals surface area contributed by atoms with Crippen molar-refractivity contribution in [2.75, 3.05) is 0 Å². The Morgan fingerprint density at radius 3 is 2.11 bits per heavy atom. The van der Waals surface area contributed by atoms with Crippen LogP contribution in [0.15, 0.2) is 24.3 Å². The van der Waals surface area contributed by atoms with Crippen LogP contribution in [0, 0.1) is 0 Å². The molecule has 1 rings (SSSR count). The zero-order chi connectivity index (χ0) is 14.8. The van der Waals surface area contributed by atoms with Gasteiger partial charge in [0.05, 0.1) is 5.56 Å². The number of hydrogen-bond acceptors (Lipinski definition) is 3. The predicted molar refractivity (Wildman–Crippen MR) is 66.6 cm³/mol. The van der Waals surface area contributed by atoms with Crippen LogP contribution in [-0.4, -0.2) is 21.1 Å². The number of rotatable bonds is 4. The molecular formula is C11H8BrClF2O4. The highest BCUT2D eigenvalue weighted by Gasteiger charge is 2.56. The Balaban J connectivity index is 3.26. The minimum atomic E-state index is -3.29. The van der Waals surface area contributed by atoms with E-state index >= 15 is 0 Å². The molecule has 8 heteroatoms. The van der Waals surface area contributed by atoms with Crippen molar-refractivity contribution in [3.8, 4) is 0 Å². The summed E-state index contributed by atoms with van der Waals surface area (Å²) in [6, 6.07) is 3.99. The zero-order valence-electron chi connectivity index (χ0n) is 9.49. The van der Waals surface area contributed by atoms with Gasteiger partial charge in [-0.25, -0.2) is 9.18 Å². The average Bonchev–Trinajstić information content (AvgIpc) is 2.26. The molecule has 0 amide bonds. The first-order valence-corrected chi connectivity index (χ1v) is 6.04. The summed E-state index contributed by atoms with van der Waals surface area (Å²) in [5.41, 5.74) is -0.579. The van der Waals surface area contributed by atoms with Crippen LogP contribution in [0.2, 0.25) is 0 Å². The number of alkyl halides is 4. The van der Waals surface area contributed by atoms with E-state index in [2.05, 4.69) is 20.7 Å². The normalized spacial score (nSPS) is 17.1. The molecule has 0 saturated heterocycles. The molecule has 2 atom stereocenters. The summed E-state index contributed by atoms with van der Waals surface area (Å²) in [6.45, 7) is 0.885. The third kappa shape index (κ3) is 3.42. The summed E-state index contributed by atoms with van der Waals surface area (Å²) in [7, 11) is 0. The summed E-state index contributed by atoms with van der Waals surface area (Å²) in [5, 5.41) is 8.70. The molecule has 1 aromatic carbocycles. The van der Waals surface area contributed by atoms with E-state index in [1.807, 2.05) is 0 Å². The lowest BCUT2D eigenvalue weighted by molar-refractivity contribution is -0.197. The summed E-state index contributed by atoms with van der Waals surface area (Å²) in [4.78, 5) is 21.5. The number of halogens is 4. The second-order valence-electron chi connectivity index (χ2n) is 3.57. The molecule has 19 heavy (non-hydrogen) atoms. The molecule has 0 aliphatic rings. The van der Waals surface area contributed by atoms with Gasteiger partial charge in [0, 0.05) is 12.5 Å². The van der Waals surface area contributed by atoms with Crippen molar-refractivity contribution < 1.29 is 28.2 Å². The molecule has 0 radical (unpaired) electrons. The highest BCUT2D eigenvalue weighted by Crippen LogP contribution is 2.48. The Kier molecular flexibility index (Phi) is 4.52.